The summed E-state index contributed by atoms with van der Waals surface area (Å²) in [4.78, 5) is 27.4. The van der Waals surface area contributed by atoms with E-state index in [2.05, 4.69) is 10.4 Å². The van der Waals surface area contributed by atoms with Crippen LogP contribution in [0.3, 0.4) is 0 Å². The van der Waals surface area contributed by atoms with Crippen LogP contribution in [0.2, 0.25) is 0 Å². The quantitative estimate of drug-likeness (QED) is 0.575. The highest BCUT2D eigenvalue weighted by atomic mass is 19.1. The molecule has 3 rings (SSSR count). The van der Waals surface area contributed by atoms with Crippen LogP contribution in [-0.2, 0) is 9.53 Å². The molecule has 1 aliphatic rings. The van der Waals surface area contributed by atoms with Crippen LogP contribution in [0.4, 0.5) is 9.18 Å². The maximum Gasteiger partial charge on any atom is 0.317 e. The number of amides is 3. The molecule has 1 N–H and O–H groups in total. The first-order valence-electron chi connectivity index (χ1n) is 11.3. The number of halogens is 1. The van der Waals surface area contributed by atoms with Crippen molar-refractivity contribution in [2.75, 3.05) is 40.5 Å². The monoisotopic (exact) mass is 470 g/mol. The molecule has 0 fully saturated rings. The van der Waals surface area contributed by atoms with Crippen molar-refractivity contribution in [3.8, 4) is 5.75 Å². The summed E-state index contributed by atoms with van der Waals surface area (Å²) in [7, 11) is 3.14. The van der Waals surface area contributed by atoms with Crippen LogP contribution in [0.5, 0.6) is 5.75 Å². The maximum absolute atomic E-state index is 13.4. The Morgan fingerprint density at radius 2 is 1.85 bits per heavy atom. The third kappa shape index (κ3) is 6.32. The van der Waals surface area contributed by atoms with Gasteiger partial charge in [0, 0.05) is 26.6 Å². The predicted molar refractivity (Wildman–Crippen MR) is 127 cm³/mol. The van der Waals surface area contributed by atoms with Gasteiger partial charge in [-0.3, -0.25) is 4.79 Å². The zero-order chi connectivity index (χ0) is 24.5. The fourth-order valence-electron chi connectivity index (χ4n) is 3.68. The molecular formula is C25H31FN4O4. The highest BCUT2D eigenvalue weighted by Gasteiger charge is 2.34. The van der Waals surface area contributed by atoms with Crippen LogP contribution in [0.1, 0.15) is 36.9 Å². The SMILES string of the molecule is CCCNC(=O)N(CCOC)CC(=O)N1N=C(c2ccc(F)cc2)CC1c1ccc(OC)cc1. The number of ether oxygens (including phenoxy) is 2. The van der Waals surface area contributed by atoms with Crippen molar-refractivity contribution in [1.29, 1.82) is 0 Å². The number of methoxy groups -OCH3 is 2. The van der Waals surface area contributed by atoms with E-state index in [0.29, 0.717) is 31.0 Å². The van der Waals surface area contributed by atoms with Gasteiger partial charge in [-0.1, -0.05) is 31.2 Å². The van der Waals surface area contributed by atoms with Crippen molar-refractivity contribution in [1.82, 2.24) is 15.2 Å². The number of nitrogens with one attached hydrogen (secondary N) is 1. The van der Waals surface area contributed by atoms with Gasteiger partial charge >= 0.3 is 6.03 Å². The number of hydrogen-bond acceptors (Lipinski definition) is 5. The molecule has 8 nitrogen and oxygen atoms in total. The van der Waals surface area contributed by atoms with Gasteiger partial charge < -0.3 is 19.7 Å². The van der Waals surface area contributed by atoms with E-state index in [-0.39, 0.29) is 36.9 Å². The van der Waals surface area contributed by atoms with Crippen molar-refractivity contribution in [2.24, 2.45) is 5.10 Å². The van der Waals surface area contributed by atoms with E-state index >= 15 is 0 Å². The number of hydrogen-bond donors (Lipinski definition) is 1. The average Bonchev–Trinajstić information content (AvgIpc) is 3.31. The lowest BCUT2D eigenvalue weighted by atomic mass is 9.98. The van der Waals surface area contributed by atoms with E-state index in [1.807, 2.05) is 31.2 Å². The maximum atomic E-state index is 13.4. The minimum Gasteiger partial charge on any atom is -0.497 e. The van der Waals surface area contributed by atoms with Gasteiger partial charge in [-0.15, -0.1) is 0 Å². The Hall–Kier alpha value is -3.46. The molecule has 34 heavy (non-hydrogen) atoms. The highest BCUT2D eigenvalue weighted by molar-refractivity contribution is 6.03. The highest BCUT2D eigenvalue weighted by Crippen LogP contribution is 2.33. The second kappa shape index (κ2) is 12.1. The fourth-order valence-corrected chi connectivity index (χ4v) is 3.68. The van der Waals surface area contributed by atoms with Crippen molar-refractivity contribution < 1.29 is 23.5 Å². The molecule has 0 radical (unpaired) electrons. The normalized spacial score (nSPS) is 15.1. The molecule has 2 aromatic rings. The number of benzene rings is 2. The largest absolute Gasteiger partial charge is 0.497 e. The summed E-state index contributed by atoms with van der Waals surface area (Å²) in [5.74, 6) is 0.0483. The van der Waals surface area contributed by atoms with Gasteiger partial charge in [-0.2, -0.15) is 5.10 Å². The Bertz CT molecular complexity index is 995. The molecule has 1 heterocycles. The Morgan fingerprint density at radius 1 is 1.15 bits per heavy atom. The molecule has 0 spiro atoms. The molecule has 1 atom stereocenters. The second-order valence-corrected chi connectivity index (χ2v) is 7.93. The van der Waals surface area contributed by atoms with E-state index in [4.69, 9.17) is 9.47 Å². The molecule has 0 saturated carbocycles. The molecule has 3 amide bonds. The summed E-state index contributed by atoms with van der Waals surface area (Å²) in [5, 5.41) is 8.83. The number of carbonyl (C=O) groups is 2. The van der Waals surface area contributed by atoms with Gasteiger partial charge in [0.1, 0.15) is 18.1 Å². The van der Waals surface area contributed by atoms with E-state index in [1.54, 1.807) is 26.4 Å². The lowest BCUT2D eigenvalue weighted by Gasteiger charge is -2.27. The predicted octanol–water partition coefficient (Wildman–Crippen LogP) is 3.58. The van der Waals surface area contributed by atoms with Gasteiger partial charge in [0.05, 0.1) is 25.5 Å². The Labute approximate surface area is 199 Å². The van der Waals surface area contributed by atoms with Crippen LogP contribution in [0.15, 0.2) is 53.6 Å². The minimum atomic E-state index is -0.360. The Morgan fingerprint density at radius 3 is 2.47 bits per heavy atom. The molecule has 0 bridgehead atoms. The summed E-state index contributed by atoms with van der Waals surface area (Å²) < 4.78 is 23.8. The molecule has 1 unspecified atom stereocenters. The number of carbonyl (C=O) groups excluding carboxylic acids is 2. The Balaban J connectivity index is 1.86. The van der Waals surface area contributed by atoms with Crippen molar-refractivity contribution in [2.45, 2.75) is 25.8 Å². The molecule has 182 valence electrons. The number of rotatable bonds is 10. The minimum absolute atomic E-state index is 0.147. The smallest absolute Gasteiger partial charge is 0.317 e. The van der Waals surface area contributed by atoms with E-state index < -0.39 is 0 Å². The zero-order valence-electron chi connectivity index (χ0n) is 19.8. The van der Waals surface area contributed by atoms with E-state index in [9.17, 15) is 14.0 Å². The molecule has 2 aromatic carbocycles. The first-order chi connectivity index (χ1) is 16.5. The lowest BCUT2D eigenvalue weighted by molar-refractivity contribution is -0.133. The first kappa shape index (κ1) is 25.2. The van der Waals surface area contributed by atoms with Gasteiger partial charge in [-0.25, -0.2) is 14.2 Å². The summed E-state index contributed by atoms with van der Waals surface area (Å²) in [6, 6.07) is 12.8. The van der Waals surface area contributed by atoms with Crippen molar-refractivity contribution in [3.63, 3.8) is 0 Å². The van der Waals surface area contributed by atoms with Gasteiger partial charge in [0.2, 0.25) is 0 Å². The zero-order valence-corrected chi connectivity index (χ0v) is 19.8. The number of hydrazone groups is 1. The molecule has 1 aliphatic heterocycles. The molecule has 0 aromatic heterocycles. The van der Waals surface area contributed by atoms with Gasteiger partial charge in [0.25, 0.3) is 5.91 Å². The van der Waals surface area contributed by atoms with E-state index in [1.165, 1.54) is 22.0 Å². The Kier molecular flexibility index (Phi) is 8.98. The molecule has 0 aliphatic carbocycles. The van der Waals surface area contributed by atoms with Crippen LogP contribution in [0.25, 0.3) is 0 Å². The average molecular weight is 471 g/mol. The van der Waals surface area contributed by atoms with Gasteiger partial charge in [0.15, 0.2) is 0 Å². The molecule has 9 heteroatoms. The van der Waals surface area contributed by atoms with Crippen LogP contribution in [0, 0.1) is 5.82 Å². The van der Waals surface area contributed by atoms with Crippen LogP contribution < -0.4 is 10.1 Å². The second-order valence-electron chi connectivity index (χ2n) is 7.93. The lowest BCUT2D eigenvalue weighted by Crippen LogP contribution is -2.47. The van der Waals surface area contributed by atoms with Crippen molar-refractivity contribution in [3.05, 3.63) is 65.5 Å². The summed E-state index contributed by atoms with van der Waals surface area (Å²) in [5.41, 5.74) is 2.30. The number of nitrogens with zero attached hydrogens (tertiary/aromatic N) is 3. The fraction of sp³-hybridized carbons (Fsp3) is 0.400. The summed E-state index contributed by atoms with van der Waals surface area (Å²) in [6.07, 6.45) is 1.25. The van der Waals surface area contributed by atoms with E-state index in [0.717, 1.165) is 17.5 Å². The third-order valence-corrected chi connectivity index (χ3v) is 5.55. The number of urea groups is 1. The standard InChI is InChI=1S/C25H31FN4O4/c1-4-13-27-25(32)29(14-15-33-2)17-24(31)30-23(19-7-11-21(34-3)12-8-19)16-22(28-30)18-5-9-20(26)10-6-18/h5-12,23H,4,13-17H2,1-3H3,(H,27,32). The van der Waals surface area contributed by atoms with Crippen LogP contribution in [-0.4, -0.2) is 68.0 Å². The van der Waals surface area contributed by atoms with Crippen molar-refractivity contribution >= 4 is 17.6 Å². The summed E-state index contributed by atoms with van der Waals surface area (Å²) in [6.45, 7) is 2.90. The van der Waals surface area contributed by atoms with Gasteiger partial charge in [-0.05, 0) is 41.8 Å². The third-order valence-electron chi connectivity index (χ3n) is 5.55. The topological polar surface area (TPSA) is 83.5 Å². The molecular weight excluding hydrogens is 439 g/mol. The summed E-state index contributed by atoms with van der Waals surface area (Å²) >= 11 is 0. The van der Waals surface area contributed by atoms with Crippen LogP contribution >= 0.6 is 0 Å². The first-order valence-corrected chi connectivity index (χ1v) is 11.3. The molecule has 0 saturated heterocycles.